The Bertz CT molecular complexity index is 901. The van der Waals surface area contributed by atoms with Crippen molar-refractivity contribution in [3.05, 3.63) is 54.2 Å². The number of pyridine rings is 1. The minimum Gasteiger partial charge on any atom is -0.484 e. The van der Waals surface area contributed by atoms with Crippen molar-refractivity contribution >= 4 is 17.6 Å². The predicted molar refractivity (Wildman–Crippen MR) is 124 cm³/mol. The van der Waals surface area contributed by atoms with Crippen LogP contribution in [0.4, 0.5) is 5.82 Å². The Morgan fingerprint density at radius 1 is 0.969 bits per heavy atom. The van der Waals surface area contributed by atoms with Gasteiger partial charge in [0.25, 0.3) is 11.8 Å². The molecular formula is C25H32N4O3. The van der Waals surface area contributed by atoms with Gasteiger partial charge in [0.15, 0.2) is 6.61 Å². The lowest BCUT2D eigenvalue weighted by Gasteiger charge is -2.39. The quantitative estimate of drug-likeness (QED) is 0.720. The van der Waals surface area contributed by atoms with Crippen molar-refractivity contribution in [2.24, 2.45) is 0 Å². The molecule has 4 rings (SSSR count). The van der Waals surface area contributed by atoms with Crippen LogP contribution in [0.1, 0.15) is 43.5 Å². The van der Waals surface area contributed by atoms with Gasteiger partial charge in [0.1, 0.15) is 11.6 Å². The van der Waals surface area contributed by atoms with Crippen LogP contribution in [-0.2, 0) is 4.79 Å². The molecule has 2 unspecified atom stereocenters. The summed E-state index contributed by atoms with van der Waals surface area (Å²) in [6, 6.07) is 13.5. The molecule has 2 aromatic rings. The number of likely N-dealkylation sites (tertiary alicyclic amines) is 1. The Kier molecular flexibility index (Phi) is 6.93. The zero-order valence-corrected chi connectivity index (χ0v) is 18.9. The topological polar surface area (TPSA) is 66.0 Å². The molecule has 170 valence electrons. The number of hydrogen-bond donors (Lipinski definition) is 0. The molecule has 3 heterocycles. The maximum atomic E-state index is 12.9. The second kappa shape index (κ2) is 10.0. The zero-order chi connectivity index (χ0) is 22.5. The number of carbonyl (C=O) groups is 2. The van der Waals surface area contributed by atoms with E-state index in [1.54, 1.807) is 30.5 Å². The molecule has 0 radical (unpaired) electrons. The van der Waals surface area contributed by atoms with Crippen LogP contribution in [0.3, 0.4) is 0 Å². The van der Waals surface area contributed by atoms with Gasteiger partial charge in [-0.15, -0.1) is 0 Å². The minimum atomic E-state index is 0.0178. The molecule has 2 amide bonds. The van der Waals surface area contributed by atoms with Crippen LogP contribution in [0.5, 0.6) is 5.75 Å². The Labute approximate surface area is 190 Å². The fourth-order valence-corrected chi connectivity index (χ4v) is 4.69. The van der Waals surface area contributed by atoms with E-state index in [4.69, 9.17) is 4.74 Å². The fraction of sp³-hybridized carbons (Fsp3) is 0.480. The molecule has 32 heavy (non-hydrogen) atoms. The molecule has 0 saturated carbocycles. The van der Waals surface area contributed by atoms with Crippen molar-refractivity contribution in [1.82, 2.24) is 14.8 Å². The van der Waals surface area contributed by atoms with E-state index in [0.717, 1.165) is 31.7 Å². The van der Waals surface area contributed by atoms with Gasteiger partial charge in [-0.25, -0.2) is 4.98 Å². The standard InChI is InChI=1S/C25H32N4O3/c1-19-6-5-7-20(2)29(19)24(30)18-32-22-11-9-21(10-12-22)25(31)28-16-14-27(15-17-28)23-8-3-4-13-26-23/h3-4,8-13,19-20H,5-7,14-18H2,1-2H3. The molecule has 1 aromatic heterocycles. The molecule has 7 nitrogen and oxygen atoms in total. The summed E-state index contributed by atoms with van der Waals surface area (Å²) in [5.41, 5.74) is 0.633. The number of nitrogens with zero attached hydrogens (tertiary/aromatic N) is 4. The number of rotatable bonds is 5. The molecule has 0 N–H and O–H groups in total. The number of amides is 2. The predicted octanol–water partition coefficient (Wildman–Crippen LogP) is 3.21. The van der Waals surface area contributed by atoms with E-state index in [0.29, 0.717) is 24.4 Å². The normalized spacial score (nSPS) is 21.4. The first-order chi connectivity index (χ1) is 15.5. The zero-order valence-electron chi connectivity index (χ0n) is 18.9. The summed E-state index contributed by atoms with van der Waals surface area (Å²) in [7, 11) is 0. The third kappa shape index (κ3) is 5.03. The Morgan fingerprint density at radius 2 is 1.66 bits per heavy atom. The van der Waals surface area contributed by atoms with Gasteiger partial charge >= 0.3 is 0 Å². The number of hydrogen-bond acceptors (Lipinski definition) is 5. The molecule has 2 aliphatic rings. The Morgan fingerprint density at radius 3 is 2.28 bits per heavy atom. The molecule has 7 heteroatoms. The van der Waals surface area contributed by atoms with E-state index in [1.807, 2.05) is 28.0 Å². The third-order valence-corrected chi connectivity index (χ3v) is 6.49. The molecule has 2 atom stereocenters. The van der Waals surface area contributed by atoms with Gasteiger partial charge in [-0.05, 0) is 69.5 Å². The largest absolute Gasteiger partial charge is 0.484 e. The van der Waals surface area contributed by atoms with Gasteiger partial charge in [-0.1, -0.05) is 6.07 Å². The van der Waals surface area contributed by atoms with Gasteiger partial charge in [0.2, 0.25) is 0 Å². The Hall–Kier alpha value is -3.09. The molecule has 0 bridgehead atoms. The highest BCUT2D eigenvalue weighted by molar-refractivity contribution is 5.94. The lowest BCUT2D eigenvalue weighted by Crippen LogP contribution is -2.49. The molecule has 0 spiro atoms. The van der Waals surface area contributed by atoms with E-state index >= 15 is 0 Å². The molecule has 2 aliphatic heterocycles. The third-order valence-electron chi connectivity index (χ3n) is 6.49. The van der Waals surface area contributed by atoms with E-state index in [-0.39, 0.29) is 30.5 Å². The summed E-state index contributed by atoms with van der Waals surface area (Å²) in [5, 5.41) is 0. The number of carbonyl (C=O) groups excluding carboxylic acids is 2. The SMILES string of the molecule is CC1CCCC(C)N1C(=O)COc1ccc(C(=O)N2CCN(c3ccccn3)CC2)cc1. The summed E-state index contributed by atoms with van der Waals surface area (Å²) in [5.74, 6) is 1.59. The summed E-state index contributed by atoms with van der Waals surface area (Å²) in [6.45, 7) is 7.08. The van der Waals surface area contributed by atoms with Crippen LogP contribution in [-0.4, -0.2) is 71.5 Å². The average Bonchev–Trinajstić information content (AvgIpc) is 2.83. The first-order valence-electron chi connectivity index (χ1n) is 11.5. The monoisotopic (exact) mass is 436 g/mol. The summed E-state index contributed by atoms with van der Waals surface area (Å²) < 4.78 is 5.73. The first-order valence-corrected chi connectivity index (χ1v) is 11.5. The lowest BCUT2D eigenvalue weighted by molar-refractivity contribution is -0.139. The van der Waals surface area contributed by atoms with Crippen molar-refractivity contribution < 1.29 is 14.3 Å². The van der Waals surface area contributed by atoms with E-state index in [2.05, 4.69) is 23.7 Å². The second-order valence-electron chi connectivity index (χ2n) is 8.71. The number of benzene rings is 1. The molecule has 2 saturated heterocycles. The smallest absolute Gasteiger partial charge is 0.260 e. The maximum absolute atomic E-state index is 12.9. The summed E-state index contributed by atoms with van der Waals surface area (Å²) >= 11 is 0. The van der Waals surface area contributed by atoms with Crippen molar-refractivity contribution in [2.45, 2.75) is 45.2 Å². The number of piperazine rings is 1. The van der Waals surface area contributed by atoms with E-state index in [1.165, 1.54) is 6.42 Å². The Balaban J connectivity index is 1.28. The highest BCUT2D eigenvalue weighted by atomic mass is 16.5. The first kappa shape index (κ1) is 22.1. The molecule has 0 aliphatic carbocycles. The number of anilines is 1. The number of piperidine rings is 1. The summed E-state index contributed by atoms with van der Waals surface area (Å²) in [6.07, 6.45) is 5.05. The molecule has 2 fully saturated rings. The minimum absolute atomic E-state index is 0.0178. The highest BCUT2D eigenvalue weighted by Crippen LogP contribution is 2.23. The fourth-order valence-electron chi connectivity index (χ4n) is 4.69. The van der Waals surface area contributed by atoms with Crippen LogP contribution < -0.4 is 9.64 Å². The van der Waals surface area contributed by atoms with Gasteiger partial charge in [-0.3, -0.25) is 9.59 Å². The number of ether oxygens (including phenoxy) is 1. The maximum Gasteiger partial charge on any atom is 0.260 e. The van der Waals surface area contributed by atoms with Crippen molar-refractivity contribution in [3.63, 3.8) is 0 Å². The van der Waals surface area contributed by atoms with Crippen LogP contribution in [0, 0.1) is 0 Å². The van der Waals surface area contributed by atoms with Gasteiger partial charge in [0, 0.05) is 50.0 Å². The van der Waals surface area contributed by atoms with Crippen molar-refractivity contribution in [2.75, 3.05) is 37.7 Å². The van der Waals surface area contributed by atoms with Gasteiger partial charge < -0.3 is 19.4 Å². The van der Waals surface area contributed by atoms with E-state index < -0.39 is 0 Å². The van der Waals surface area contributed by atoms with Crippen LogP contribution >= 0.6 is 0 Å². The van der Waals surface area contributed by atoms with Crippen LogP contribution in [0.2, 0.25) is 0 Å². The number of aromatic nitrogens is 1. The summed E-state index contributed by atoms with van der Waals surface area (Å²) in [4.78, 5) is 35.9. The van der Waals surface area contributed by atoms with Gasteiger partial charge in [0.05, 0.1) is 0 Å². The molecule has 1 aromatic carbocycles. The van der Waals surface area contributed by atoms with Crippen LogP contribution in [0.15, 0.2) is 48.7 Å². The van der Waals surface area contributed by atoms with Crippen LogP contribution in [0.25, 0.3) is 0 Å². The molecular weight excluding hydrogens is 404 g/mol. The second-order valence-corrected chi connectivity index (χ2v) is 8.71. The van der Waals surface area contributed by atoms with Gasteiger partial charge in [-0.2, -0.15) is 0 Å². The van der Waals surface area contributed by atoms with Crippen molar-refractivity contribution in [3.8, 4) is 5.75 Å². The van der Waals surface area contributed by atoms with E-state index in [9.17, 15) is 9.59 Å². The lowest BCUT2D eigenvalue weighted by atomic mass is 9.97. The highest BCUT2D eigenvalue weighted by Gasteiger charge is 2.29. The van der Waals surface area contributed by atoms with Crippen molar-refractivity contribution in [1.29, 1.82) is 0 Å². The average molecular weight is 437 g/mol.